The van der Waals surface area contributed by atoms with Crippen molar-refractivity contribution < 1.29 is 17.8 Å². The van der Waals surface area contributed by atoms with Crippen LogP contribution in [0.1, 0.15) is 0 Å². The molecular weight excluding hydrogens is 250 g/mol. The number of carbonyl (C=O) groups excluding carboxylic acids is 1. The SMILES string of the molecule is CS(C)(=O)=Nc1ccc(NC(=O)C(F)F)cc1. The Hall–Kier alpha value is -1.50. The molecule has 1 aromatic carbocycles. The summed E-state index contributed by atoms with van der Waals surface area (Å²) in [7, 11) is -2.26. The van der Waals surface area contributed by atoms with Gasteiger partial charge in [0.1, 0.15) is 0 Å². The summed E-state index contributed by atoms with van der Waals surface area (Å²) in [4.78, 5) is 10.7. The molecule has 0 aromatic heterocycles. The van der Waals surface area contributed by atoms with Crippen LogP contribution in [-0.4, -0.2) is 29.1 Å². The third-order valence-corrected chi connectivity index (χ3v) is 2.31. The summed E-state index contributed by atoms with van der Waals surface area (Å²) in [6.45, 7) is 0. The number of halogens is 2. The van der Waals surface area contributed by atoms with E-state index in [-0.39, 0.29) is 5.69 Å². The molecule has 0 saturated heterocycles. The summed E-state index contributed by atoms with van der Waals surface area (Å²) in [6, 6.07) is 5.83. The van der Waals surface area contributed by atoms with Gasteiger partial charge in [-0.15, -0.1) is 0 Å². The zero-order valence-corrected chi connectivity index (χ0v) is 10.1. The quantitative estimate of drug-likeness (QED) is 0.908. The highest BCUT2D eigenvalue weighted by molar-refractivity contribution is 7.92. The third kappa shape index (κ3) is 4.90. The van der Waals surface area contributed by atoms with Crippen LogP contribution in [0, 0.1) is 0 Å². The lowest BCUT2D eigenvalue weighted by atomic mass is 10.3. The first-order valence-corrected chi connectivity index (χ1v) is 6.97. The predicted octanol–water partition coefficient (Wildman–Crippen LogP) is 2.25. The van der Waals surface area contributed by atoms with E-state index in [2.05, 4.69) is 4.36 Å². The van der Waals surface area contributed by atoms with Gasteiger partial charge >= 0.3 is 6.43 Å². The van der Waals surface area contributed by atoms with Crippen molar-refractivity contribution >= 4 is 27.0 Å². The van der Waals surface area contributed by atoms with Gasteiger partial charge in [-0.05, 0) is 24.3 Å². The molecule has 0 aliphatic heterocycles. The fourth-order valence-electron chi connectivity index (χ4n) is 1.06. The average molecular weight is 262 g/mol. The molecule has 1 amide bonds. The molecule has 0 aliphatic carbocycles. The Kier molecular flexibility index (Phi) is 4.17. The standard InChI is InChI=1S/C10H12F2N2O2S/c1-17(2,16)14-8-5-3-7(4-6-8)13-10(15)9(11)12/h3-6,9H,1-2H3,(H,13,15). The highest BCUT2D eigenvalue weighted by Gasteiger charge is 2.14. The van der Waals surface area contributed by atoms with Crippen LogP contribution in [0.4, 0.5) is 20.2 Å². The number of amides is 1. The predicted molar refractivity (Wildman–Crippen MR) is 63.2 cm³/mol. The molecular formula is C10H12F2N2O2S. The lowest BCUT2D eigenvalue weighted by Crippen LogP contribution is -2.19. The van der Waals surface area contributed by atoms with Gasteiger partial charge in [-0.1, -0.05) is 0 Å². The molecule has 4 nitrogen and oxygen atoms in total. The maximum Gasteiger partial charge on any atom is 0.315 e. The minimum atomic E-state index is -3.05. The molecule has 0 fully saturated rings. The maximum atomic E-state index is 11.9. The van der Waals surface area contributed by atoms with Crippen LogP contribution in [-0.2, 0) is 14.5 Å². The molecule has 0 unspecified atom stereocenters. The number of nitrogens with zero attached hydrogens (tertiary/aromatic N) is 1. The number of benzene rings is 1. The lowest BCUT2D eigenvalue weighted by Gasteiger charge is -2.04. The van der Waals surface area contributed by atoms with E-state index in [1.165, 1.54) is 36.8 Å². The molecule has 7 heteroatoms. The van der Waals surface area contributed by atoms with E-state index in [4.69, 9.17) is 0 Å². The van der Waals surface area contributed by atoms with Crippen molar-refractivity contribution in [1.29, 1.82) is 0 Å². The van der Waals surface area contributed by atoms with Crippen LogP contribution in [0.3, 0.4) is 0 Å². The number of alkyl halides is 2. The Morgan fingerprint density at radius 1 is 1.29 bits per heavy atom. The molecule has 0 spiro atoms. The molecule has 94 valence electrons. The molecule has 0 heterocycles. The Morgan fingerprint density at radius 3 is 2.24 bits per heavy atom. The molecule has 0 bridgehead atoms. The Labute approximate surface area is 98.2 Å². The van der Waals surface area contributed by atoms with Gasteiger partial charge in [0, 0.05) is 27.9 Å². The number of anilines is 1. The van der Waals surface area contributed by atoms with E-state index in [1.807, 2.05) is 5.32 Å². The van der Waals surface area contributed by atoms with Crippen molar-refractivity contribution in [2.75, 3.05) is 17.8 Å². The summed E-state index contributed by atoms with van der Waals surface area (Å²) in [5.41, 5.74) is 0.711. The van der Waals surface area contributed by atoms with Crippen molar-refractivity contribution in [2.24, 2.45) is 4.36 Å². The molecule has 0 saturated carbocycles. The van der Waals surface area contributed by atoms with Crippen LogP contribution >= 0.6 is 0 Å². The van der Waals surface area contributed by atoms with Crippen LogP contribution < -0.4 is 5.32 Å². The normalized spacial score (nSPS) is 11.4. The molecule has 0 atom stereocenters. The van der Waals surface area contributed by atoms with Gasteiger partial charge in [-0.3, -0.25) is 4.79 Å². The monoisotopic (exact) mass is 262 g/mol. The molecule has 17 heavy (non-hydrogen) atoms. The Balaban J connectivity index is 2.83. The Morgan fingerprint density at radius 2 is 1.82 bits per heavy atom. The van der Waals surface area contributed by atoms with Crippen LogP contribution in [0.15, 0.2) is 28.6 Å². The second-order valence-electron chi connectivity index (χ2n) is 3.61. The molecule has 1 N–H and O–H groups in total. The number of hydrogen-bond donors (Lipinski definition) is 1. The summed E-state index contributed by atoms with van der Waals surface area (Å²) >= 11 is 0. The van der Waals surface area contributed by atoms with E-state index in [0.29, 0.717) is 5.69 Å². The molecule has 1 rings (SSSR count). The lowest BCUT2D eigenvalue weighted by molar-refractivity contribution is -0.126. The van der Waals surface area contributed by atoms with E-state index >= 15 is 0 Å². The van der Waals surface area contributed by atoms with Gasteiger partial charge in [-0.2, -0.15) is 13.1 Å². The smallest absolute Gasteiger partial charge is 0.315 e. The third-order valence-electron chi connectivity index (χ3n) is 1.66. The van der Waals surface area contributed by atoms with Crippen LogP contribution in [0.2, 0.25) is 0 Å². The first-order chi connectivity index (χ1) is 7.78. The second kappa shape index (κ2) is 5.22. The summed E-state index contributed by atoms with van der Waals surface area (Å²) in [6.07, 6.45) is -0.0803. The number of hydrogen-bond acceptors (Lipinski definition) is 3. The number of rotatable bonds is 3. The van der Waals surface area contributed by atoms with Gasteiger partial charge in [0.15, 0.2) is 0 Å². The van der Waals surface area contributed by atoms with Crippen molar-refractivity contribution in [3.05, 3.63) is 24.3 Å². The molecule has 0 radical (unpaired) electrons. The van der Waals surface area contributed by atoms with Gasteiger partial charge < -0.3 is 5.32 Å². The highest BCUT2D eigenvalue weighted by Crippen LogP contribution is 2.18. The topological polar surface area (TPSA) is 58.5 Å². The highest BCUT2D eigenvalue weighted by atomic mass is 32.2. The largest absolute Gasteiger partial charge is 0.321 e. The zero-order chi connectivity index (χ0) is 13.1. The van der Waals surface area contributed by atoms with Crippen molar-refractivity contribution in [1.82, 2.24) is 0 Å². The summed E-state index contributed by atoms with van der Waals surface area (Å²) in [5.74, 6) is -1.36. The zero-order valence-electron chi connectivity index (χ0n) is 9.31. The van der Waals surface area contributed by atoms with Gasteiger partial charge in [0.25, 0.3) is 5.91 Å². The minimum absolute atomic E-state index is 0.243. The van der Waals surface area contributed by atoms with E-state index < -0.39 is 22.1 Å². The maximum absolute atomic E-state index is 11.9. The number of carbonyl (C=O) groups is 1. The van der Waals surface area contributed by atoms with E-state index in [1.54, 1.807) is 0 Å². The molecule has 0 aliphatic rings. The van der Waals surface area contributed by atoms with Crippen LogP contribution in [0.25, 0.3) is 0 Å². The van der Waals surface area contributed by atoms with Crippen molar-refractivity contribution in [3.63, 3.8) is 0 Å². The summed E-state index contributed by atoms with van der Waals surface area (Å²) in [5, 5.41) is 2.03. The fourth-order valence-corrected chi connectivity index (χ4v) is 1.69. The molecule has 1 aromatic rings. The fraction of sp³-hybridized carbons (Fsp3) is 0.300. The summed E-state index contributed by atoms with van der Waals surface area (Å²) < 4.78 is 39.2. The number of nitrogens with one attached hydrogen (secondary N) is 1. The average Bonchev–Trinajstić information content (AvgIpc) is 2.18. The van der Waals surface area contributed by atoms with Crippen molar-refractivity contribution in [2.45, 2.75) is 6.43 Å². The van der Waals surface area contributed by atoms with Gasteiger partial charge in [0.2, 0.25) is 0 Å². The van der Waals surface area contributed by atoms with Crippen molar-refractivity contribution in [3.8, 4) is 0 Å². The minimum Gasteiger partial charge on any atom is -0.321 e. The first-order valence-electron chi connectivity index (χ1n) is 4.64. The van der Waals surface area contributed by atoms with Crippen LogP contribution in [0.5, 0.6) is 0 Å². The van der Waals surface area contributed by atoms with Gasteiger partial charge in [-0.25, -0.2) is 4.21 Å². The second-order valence-corrected chi connectivity index (χ2v) is 6.15. The van der Waals surface area contributed by atoms with E-state index in [0.717, 1.165) is 0 Å². The Bertz CT molecular complexity index is 512. The van der Waals surface area contributed by atoms with E-state index in [9.17, 15) is 17.8 Å². The first kappa shape index (κ1) is 13.6. The van der Waals surface area contributed by atoms with Gasteiger partial charge in [0.05, 0.1) is 5.69 Å².